The van der Waals surface area contributed by atoms with E-state index in [0.717, 1.165) is 57.3 Å². The van der Waals surface area contributed by atoms with Crippen molar-refractivity contribution in [3.8, 4) is 11.3 Å². The number of piperidine rings is 2. The van der Waals surface area contributed by atoms with Crippen LogP contribution < -0.4 is 0 Å². The van der Waals surface area contributed by atoms with E-state index in [9.17, 15) is 9.59 Å². The normalized spacial score (nSPS) is 22.3. The van der Waals surface area contributed by atoms with Gasteiger partial charge in [-0.2, -0.15) is 0 Å². The van der Waals surface area contributed by atoms with Crippen molar-refractivity contribution in [2.45, 2.75) is 45.4 Å². The first kappa shape index (κ1) is 19.7. The Kier molecular flexibility index (Phi) is 5.69. The number of rotatable bonds is 5. The van der Waals surface area contributed by atoms with Crippen LogP contribution in [0.1, 0.15) is 56.0 Å². The molecule has 2 fully saturated rings. The number of hydrogen-bond acceptors (Lipinski definition) is 4. The van der Waals surface area contributed by atoms with Crippen molar-refractivity contribution < 1.29 is 14.1 Å². The largest absolute Gasteiger partial charge is 0.350 e. The first-order valence-corrected chi connectivity index (χ1v) is 10.7. The summed E-state index contributed by atoms with van der Waals surface area (Å²) in [5.41, 5.74) is 1.62. The van der Waals surface area contributed by atoms with Gasteiger partial charge in [0.25, 0.3) is 5.91 Å². The van der Waals surface area contributed by atoms with E-state index < -0.39 is 0 Å². The van der Waals surface area contributed by atoms with Crippen LogP contribution in [-0.4, -0.2) is 52.9 Å². The van der Waals surface area contributed by atoms with Crippen LogP contribution in [0.2, 0.25) is 0 Å². The van der Waals surface area contributed by atoms with Gasteiger partial charge in [-0.25, -0.2) is 0 Å². The molecule has 0 saturated carbocycles. The third-order valence-electron chi connectivity index (χ3n) is 6.27. The minimum Gasteiger partial charge on any atom is -0.350 e. The minimum absolute atomic E-state index is 0.0117. The highest BCUT2D eigenvalue weighted by Gasteiger charge is 2.43. The number of carbonyl (C=O) groups excluding carboxylic acids is 2. The van der Waals surface area contributed by atoms with Gasteiger partial charge in [-0.1, -0.05) is 48.8 Å². The molecular formula is C23H29N3O3. The molecule has 0 radical (unpaired) electrons. The van der Waals surface area contributed by atoms with Crippen molar-refractivity contribution in [3.63, 3.8) is 0 Å². The van der Waals surface area contributed by atoms with Crippen LogP contribution >= 0.6 is 0 Å². The SMILES string of the molecule is CCCCN1C[C@]2(CCCN(C(=O)c3cc(-c4ccccc4)no3)C2)CCC1=O. The second kappa shape index (κ2) is 8.39. The molecule has 29 heavy (non-hydrogen) atoms. The maximum Gasteiger partial charge on any atom is 0.292 e. The summed E-state index contributed by atoms with van der Waals surface area (Å²) in [6.07, 6.45) is 5.59. The lowest BCUT2D eigenvalue weighted by Gasteiger charge is -2.48. The number of aromatic nitrogens is 1. The highest BCUT2D eigenvalue weighted by atomic mass is 16.5. The lowest BCUT2D eigenvalue weighted by atomic mass is 9.73. The number of hydrogen-bond donors (Lipinski definition) is 0. The van der Waals surface area contributed by atoms with Crippen LogP contribution in [0, 0.1) is 5.41 Å². The van der Waals surface area contributed by atoms with Crippen molar-refractivity contribution in [2.75, 3.05) is 26.2 Å². The number of likely N-dealkylation sites (tertiary alicyclic amines) is 2. The van der Waals surface area contributed by atoms with Crippen LogP contribution in [0.15, 0.2) is 40.9 Å². The first-order chi connectivity index (χ1) is 14.1. The fourth-order valence-electron chi connectivity index (χ4n) is 4.65. The highest BCUT2D eigenvalue weighted by Crippen LogP contribution is 2.39. The van der Waals surface area contributed by atoms with Crippen LogP contribution in [-0.2, 0) is 4.79 Å². The Labute approximate surface area is 171 Å². The molecule has 2 aromatic rings. The maximum atomic E-state index is 13.1. The summed E-state index contributed by atoms with van der Waals surface area (Å²) in [6, 6.07) is 11.5. The lowest BCUT2D eigenvalue weighted by molar-refractivity contribution is -0.139. The molecule has 4 rings (SSSR count). The van der Waals surface area contributed by atoms with E-state index in [1.165, 1.54) is 0 Å². The number of unbranched alkanes of at least 4 members (excludes halogenated alkanes) is 1. The van der Waals surface area contributed by atoms with Gasteiger partial charge in [0.2, 0.25) is 11.7 Å². The van der Waals surface area contributed by atoms with Crippen LogP contribution in [0.25, 0.3) is 11.3 Å². The Morgan fingerprint density at radius 3 is 2.83 bits per heavy atom. The molecule has 3 heterocycles. The Morgan fingerprint density at radius 2 is 2.03 bits per heavy atom. The molecule has 1 atom stereocenters. The Bertz CT molecular complexity index is 863. The van der Waals surface area contributed by atoms with Gasteiger partial charge >= 0.3 is 0 Å². The predicted octanol–water partition coefficient (Wildman–Crippen LogP) is 3.99. The van der Waals surface area contributed by atoms with E-state index in [-0.39, 0.29) is 23.0 Å². The zero-order valence-corrected chi connectivity index (χ0v) is 17.1. The molecule has 6 heteroatoms. The van der Waals surface area contributed by atoms with Gasteiger partial charge in [0.15, 0.2) is 0 Å². The van der Waals surface area contributed by atoms with Crippen molar-refractivity contribution in [1.82, 2.24) is 15.0 Å². The fourth-order valence-corrected chi connectivity index (χ4v) is 4.65. The summed E-state index contributed by atoms with van der Waals surface area (Å²) in [4.78, 5) is 29.3. The van der Waals surface area contributed by atoms with Crippen molar-refractivity contribution in [2.24, 2.45) is 5.41 Å². The second-order valence-corrected chi connectivity index (χ2v) is 8.44. The summed E-state index contributed by atoms with van der Waals surface area (Å²) < 4.78 is 5.40. The van der Waals surface area contributed by atoms with Gasteiger partial charge in [0, 0.05) is 49.6 Å². The number of nitrogens with zero attached hydrogens (tertiary/aromatic N) is 3. The summed E-state index contributed by atoms with van der Waals surface area (Å²) in [6.45, 7) is 5.15. The van der Waals surface area contributed by atoms with Crippen molar-refractivity contribution in [1.29, 1.82) is 0 Å². The zero-order valence-electron chi connectivity index (χ0n) is 17.1. The Morgan fingerprint density at radius 1 is 1.21 bits per heavy atom. The van der Waals surface area contributed by atoms with Gasteiger partial charge in [0.05, 0.1) is 0 Å². The van der Waals surface area contributed by atoms with Crippen LogP contribution in [0.5, 0.6) is 0 Å². The molecule has 0 bridgehead atoms. The van der Waals surface area contributed by atoms with Gasteiger partial charge in [-0.05, 0) is 25.7 Å². The number of benzene rings is 1. The monoisotopic (exact) mass is 395 g/mol. The van der Waals surface area contributed by atoms with Crippen LogP contribution in [0.4, 0.5) is 0 Å². The van der Waals surface area contributed by atoms with E-state index in [1.807, 2.05) is 40.1 Å². The van der Waals surface area contributed by atoms with E-state index in [2.05, 4.69) is 12.1 Å². The molecule has 2 aliphatic rings. The average molecular weight is 396 g/mol. The van der Waals surface area contributed by atoms with E-state index in [1.54, 1.807) is 6.07 Å². The molecule has 1 aromatic carbocycles. The quantitative estimate of drug-likeness (QED) is 0.768. The summed E-state index contributed by atoms with van der Waals surface area (Å²) in [5, 5.41) is 4.09. The molecule has 1 spiro atoms. The highest BCUT2D eigenvalue weighted by molar-refractivity contribution is 5.92. The van der Waals surface area contributed by atoms with Crippen molar-refractivity contribution in [3.05, 3.63) is 42.2 Å². The summed E-state index contributed by atoms with van der Waals surface area (Å²) >= 11 is 0. The Hall–Kier alpha value is -2.63. The van der Waals surface area contributed by atoms with Gasteiger partial charge in [-0.15, -0.1) is 0 Å². The van der Waals surface area contributed by atoms with E-state index in [0.29, 0.717) is 18.7 Å². The van der Waals surface area contributed by atoms with Gasteiger partial charge in [-0.3, -0.25) is 9.59 Å². The molecule has 2 amide bonds. The summed E-state index contributed by atoms with van der Waals surface area (Å²) in [7, 11) is 0. The first-order valence-electron chi connectivity index (χ1n) is 10.7. The van der Waals surface area contributed by atoms with E-state index >= 15 is 0 Å². The third-order valence-corrected chi connectivity index (χ3v) is 6.27. The molecule has 1 aromatic heterocycles. The average Bonchev–Trinajstić information content (AvgIpc) is 3.25. The minimum atomic E-state index is -0.101. The van der Waals surface area contributed by atoms with Crippen LogP contribution in [0.3, 0.4) is 0 Å². The molecule has 0 aliphatic carbocycles. The maximum absolute atomic E-state index is 13.1. The van der Waals surface area contributed by atoms with Gasteiger partial charge < -0.3 is 14.3 Å². The summed E-state index contributed by atoms with van der Waals surface area (Å²) in [5.74, 6) is 0.446. The molecule has 2 aliphatic heterocycles. The molecule has 154 valence electrons. The zero-order chi connectivity index (χ0) is 20.3. The number of carbonyl (C=O) groups is 2. The smallest absolute Gasteiger partial charge is 0.292 e. The molecular weight excluding hydrogens is 366 g/mol. The molecule has 6 nitrogen and oxygen atoms in total. The third kappa shape index (κ3) is 4.21. The predicted molar refractivity (Wildman–Crippen MR) is 110 cm³/mol. The van der Waals surface area contributed by atoms with Gasteiger partial charge in [0.1, 0.15) is 5.69 Å². The molecule has 2 saturated heterocycles. The van der Waals surface area contributed by atoms with E-state index in [4.69, 9.17) is 4.52 Å². The molecule has 0 N–H and O–H groups in total. The topological polar surface area (TPSA) is 66.7 Å². The fraction of sp³-hybridized carbons (Fsp3) is 0.522. The number of amides is 2. The molecule has 0 unspecified atom stereocenters. The standard InChI is InChI=1S/C23H29N3O3/c1-2-3-13-25-16-23(12-10-21(25)27)11-7-14-26(17-23)22(28)20-15-19(24-29-20)18-8-5-4-6-9-18/h4-6,8-9,15H,2-3,7,10-14,16-17H2,1H3/t23-/m0/s1. The van der Waals surface area contributed by atoms with Crippen molar-refractivity contribution >= 4 is 11.8 Å². The lowest BCUT2D eigenvalue weighted by Crippen LogP contribution is -2.55. The Balaban J connectivity index is 1.46. The second-order valence-electron chi connectivity index (χ2n) is 8.44.